The summed E-state index contributed by atoms with van der Waals surface area (Å²) in [6.45, 7) is 2.53. The summed E-state index contributed by atoms with van der Waals surface area (Å²) in [4.78, 5) is 2.42. The molecule has 2 rings (SSSR count). The summed E-state index contributed by atoms with van der Waals surface area (Å²) in [7, 11) is 2.21. The van der Waals surface area contributed by atoms with Gasteiger partial charge in [-0.3, -0.25) is 0 Å². The fraction of sp³-hybridized carbons (Fsp3) is 1.00. The standard InChI is InChI=1S/C9H18N2.2ClH/c1-11-5-4-7-2-3-9(10)8(7)6-11;;/h7-9H,2-6,10H2,1H3;2*1H/t7-,8+,9+;;/m1../s1. The third-order valence-corrected chi connectivity index (χ3v) is 3.43. The van der Waals surface area contributed by atoms with E-state index in [-0.39, 0.29) is 24.8 Å². The number of piperidine rings is 1. The summed E-state index contributed by atoms with van der Waals surface area (Å²) in [6.07, 6.45) is 4.04. The molecular weight excluding hydrogens is 207 g/mol. The van der Waals surface area contributed by atoms with E-state index < -0.39 is 0 Å². The first-order valence-corrected chi connectivity index (χ1v) is 4.71. The molecule has 0 radical (unpaired) electrons. The zero-order valence-electron chi connectivity index (χ0n) is 8.11. The van der Waals surface area contributed by atoms with Crippen LogP contribution >= 0.6 is 24.8 Å². The van der Waals surface area contributed by atoms with Gasteiger partial charge in [-0.2, -0.15) is 0 Å². The highest BCUT2D eigenvalue weighted by atomic mass is 35.5. The Kier molecular flexibility index (Phi) is 5.61. The number of halogens is 2. The lowest BCUT2D eigenvalue weighted by Gasteiger charge is -2.34. The van der Waals surface area contributed by atoms with Crippen molar-refractivity contribution in [2.45, 2.75) is 25.3 Å². The Morgan fingerprint density at radius 1 is 1.15 bits per heavy atom. The van der Waals surface area contributed by atoms with Crippen LogP contribution in [0, 0.1) is 11.8 Å². The molecular formula is C9H20Cl2N2. The molecule has 1 saturated heterocycles. The number of nitrogens with zero attached hydrogens (tertiary/aromatic N) is 1. The number of hydrogen-bond donors (Lipinski definition) is 1. The Balaban J connectivity index is 0.000000720. The van der Waals surface area contributed by atoms with Crippen LogP contribution in [0.15, 0.2) is 0 Å². The summed E-state index contributed by atoms with van der Waals surface area (Å²) in [5, 5.41) is 0. The van der Waals surface area contributed by atoms with Crippen LogP contribution in [0.3, 0.4) is 0 Å². The molecule has 0 spiro atoms. The molecule has 2 N–H and O–H groups in total. The van der Waals surface area contributed by atoms with Gasteiger partial charge in [0.25, 0.3) is 0 Å². The SMILES string of the molecule is CN1CC[C@H]2CC[C@H](N)[C@H]2C1.Cl.Cl. The summed E-state index contributed by atoms with van der Waals surface area (Å²) in [6, 6.07) is 0.503. The maximum atomic E-state index is 6.02. The molecule has 0 aromatic carbocycles. The van der Waals surface area contributed by atoms with E-state index in [1.165, 1.54) is 32.4 Å². The maximum Gasteiger partial charge on any atom is 0.00821 e. The Morgan fingerprint density at radius 3 is 2.54 bits per heavy atom. The van der Waals surface area contributed by atoms with Gasteiger partial charge in [-0.15, -0.1) is 24.8 Å². The molecule has 1 saturated carbocycles. The van der Waals surface area contributed by atoms with Crippen molar-refractivity contribution in [3.05, 3.63) is 0 Å². The predicted molar refractivity (Wildman–Crippen MR) is 60.8 cm³/mol. The van der Waals surface area contributed by atoms with Crippen molar-refractivity contribution < 1.29 is 0 Å². The molecule has 80 valence electrons. The highest BCUT2D eigenvalue weighted by Crippen LogP contribution is 2.36. The molecule has 4 heteroatoms. The van der Waals surface area contributed by atoms with Crippen molar-refractivity contribution in [3.8, 4) is 0 Å². The monoisotopic (exact) mass is 226 g/mol. The largest absolute Gasteiger partial charge is 0.327 e. The van der Waals surface area contributed by atoms with Crippen LogP contribution in [-0.2, 0) is 0 Å². The summed E-state index contributed by atoms with van der Waals surface area (Å²) in [5.74, 6) is 1.77. The van der Waals surface area contributed by atoms with E-state index in [0.717, 1.165) is 11.8 Å². The molecule has 2 nitrogen and oxygen atoms in total. The van der Waals surface area contributed by atoms with Crippen LogP contribution in [-0.4, -0.2) is 31.1 Å². The average Bonchev–Trinajstić information content (AvgIpc) is 2.33. The lowest BCUT2D eigenvalue weighted by molar-refractivity contribution is 0.157. The minimum atomic E-state index is 0. The minimum absolute atomic E-state index is 0. The zero-order valence-corrected chi connectivity index (χ0v) is 9.74. The van der Waals surface area contributed by atoms with Crippen LogP contribution < -0.4 is 5.73 Å². The lowest BCUT2D eigenvalue weighted by atomic mass is 9.87. The molecule has 3 atom stereocenters. The van der Waals surface area contributed by atoms with Crippen molar-refractivity contribution in [2.24, 2.45) is 17.6 Å². The molecule has 0 amide bonds. The fourth-order valence-electron chi connectivity index (χ4n) is 2.66. The number of rotatable bonds is 0. The second-order valence-electron chi connectivity index (χ2n) is 4.22. The maximum absolute atomic E-state index is 6.02. The van der Waals surface area contributed by atoms with Gasteiger partial charge in [0.1, 0.15) is 0 Å². The molecule has 0 aromatic heterocycles. The van der Waals surface area contributed by atoms with Gasteiger partial charge in [-0.1, -0.05) is 0 Å². The van der Waals surface area contributed by atoms with Crippen molar-refractivity contribution >= 4 is 24.8 Å². The van der Waals surface area contributed by atoms with Crippen LogP contribution in [0.1, 0.15) is 19.3 Å². The smallest absolute Gasteiger partial charge is 0.00821 e. The summed E-state index contributed by atoms with van der Waals surface area (Å²) >= 11 is 0. The molecule has 1 aliphatic heterocycles. The van der Waals surface area contributed by atoms with E-state index in [9.17, 15) is 0 Å². The topological polar surface area (TPSA) is 29.3 Å². The van der Waals surface area contributed by atoms with Crippen LogP contribution in [0.4, 0.5) is 0 Å². The highest BCUT2D eigenvalue weighted by Gasteiger charge is 2.36. The second-order valence-corrected chi connectivity index (χ2v) is 4.22. The van der Waals surface area contributed by atoms with Crippen molar-refractivity contribution in [2.75, 3.05) is 20.1 Å². The number of hydrogen-bond acceptors (Lipinski definition) is 2. The third-order valence-electron chi connectivity index (χ3n) is 3.43. The molecule has 13 heavy (non-hydrogen) atoms. The Bertz CT molecular complexity index is 155. The van der Waals surface area contributed by atoms with Crippen LogP contribution in [0.25, 0.3) is 0 Å². The summed E-state index contributed by atoms with van der Waals surface area (Å²) < 4.78 is 0. The van der Waals surface area contributed by atoms with E-state index in [1.807, 2.05) is 0 Å². The normalized spacial score (nSPS) is 38.8. The van der Waals surface area contributed by atoms with Gasteiger partial charge < -0.3 is 10.6 Å². The molecule has 2 fully saturated rings. The van der Waals surface area contributed by atoms with Gasteiger partial charge in [0.15, 0.2) is 0 Å². The van der Waals surface area contributed by atoms with Gasteiger partial charge in [0, 0.05) is 12.6 Å². The summed E-state index contributed by atoms with van der Waals surface area (Å²) in [5.41, 5.74) is 6.02. The molecule has 1 aliphatic carbocycles. The highest BCUT2D eigenvalue weighted by molar-refractivity contribution is 5.85. The quantitative estimate of drug-likeness (QED) is 0.679. The molecule has 0 unspecified atom stereocenters. The molecule has 2 aliphatic rings. The number of fused-ring (bicyclic) bond motifs is 1. The van der Waals surface area contributed by atoms with E-state index in [1.54, 1.807) is 0 Å². The van der Waals surface area contributed by atoms with E-state index in [4.69, 9.17) is 5.73 Å². The number of nitrogens with two attached hydrogens (primary N) is 1. The van der Waals surface area contributed by atoms with Crippen LogP contribution in [0.5, 0.6) is 0 Å². The average molecular weight is 227 g/mol. The first kappa shape index (κ1) is 13.5. The Labute approximate surface area is 93.1 Å². The van der Waals surface area contributed by atoms with Gasteiger partial charge in [0.2, 0.25) is 0 Å². The second kappa shape index (κ2) is 5.40. The van der Waals surface area contributed by atoms with Gasteiger partial charge in [0.05, 0.1) is 0 Å². The Morgan fingerprint density at radius 2 is 1.85 bits per heavy atom. The molecule has 0 aromatic rings. The van der Waals surface area contributed by atoms with Gasteiger partial charge in [-0.05, 0) is 44.7 Å². The zero-order chi connectivity index (χ0) is 7.84. The van der Waals surface area contributed by atoms with Crippen LogP contribution in [0.2, 0.25) is 0 Å². The van der Waals surface area contributed by atoms with E-state index >= 15 is 0 Å². The fourth-order valence-corrected chi connectivity index (χ4v) is 2.66. The van der Waals surface area contributed by atoms with E-state index in [0.29, 0.717) is 6.04 Å². The first-order valence-electron chi connectivity index (χ1n) is 4.71. The van der Waals surface area contributed by atoms with Crippen molar-refractivity contribution in [3.63, 3.8) is 0 Å². The minimum Gasteiger partial charge on any atom is -0.327 e. The van der Waals surface area contributed by atoms with Crippen molar-refractivity contribution in [1.82, 2.24) is 4.90 Å². The lowest BCUT2D eigenvalue weighted by Crippen LogP contribution is -2.42. The Hall–Kier alpha value is 0.500. The van der Waals surface area contributed by atoms with E-state index in [2.05, 4.69) is 11.9 Å². The van der Waals surface area contributed by atoms with Gasteiger partial charge >= 0.3 is 0 Å². The molecule has 1 heterocycles. The predicted octanol–water partition coefficient (Wildman–Crippen LogP) is 1.52. The van der Waals surface area contributed by atoms with Crippen molar-refractivity contribution in [1.29, 1.82) is 0 Å². The third kappa shape index (κ3) is 2.72. The van der Waals surface area contributed by atoms with Gasteiger partial charge in [-0.25, -0.2) is 0 Å². The first-order chi connectivity index (χ1) is 5.27. The molecule has 0 bridgehead atoms. The number of likely N-dealkylation sites (tertiary alicyclic amines) is 1.